The Morgan fingerprint density at radius 3 is 3.09 bits per heavy atom. The summed E-state index contributed by atoms with van der Waals surface area (Å²) in [7, 11) is 0. The van der Waals surface area contributed by atoms with Crippen molar-refractivity contribution in [1.82, 2.24) is 10.3 Å². The minimum absolute atomic E-state index is 0.0627. The van der Waals surface area contributed by atoms with Crippen LogP contribution in [0.5, 0.6) is 0 Å². The van der Waals surface area contributed by atoms with Crippen molar-refractivity contribution in [3.63, 3.8) is 0 Å². The van der Waals surface area contributed by atoms with Crippen LogP contribution in [0.1, 0.15) is 18.1 Å². The molecule has 1 aromatic carbocycles. The third kappa shape index (κ3) is 3.37. The summed E-state index contributed by atoms with van der Waals surface area (Å²) < 4.78 is 19.2. The predicted molar refractivity (Wildman–Crippen MR) is 82.8 cm³/mol. The van der Waals surface area contributed by atoms with Crippen LogP contribution in [0, 0.1) is 5.82 Å². The van der Waals surface area contributed by atoms with Crippen LogP contribution in [0.4, 0.5) is 14.3 Å². The number of halogens is 2. The zero-order valence-electron chi connectivity index (χ0n) is 11.4. The van der Waals surface area contributed by atoms with Gasteiger partial charge in [-0.05, 0) is 24.1 Å². The topological polar surface area (TPSA) is 63.2 Å². The third-order valence-electron chi connectivity index (χ3n) is 3.33. The summed E-state index contributed by atoms with van der Waals surface area (Å²) >= 11 is 7.02. The largest absolute Gasteiger partial charge is 0.371 e. The maximum Gasteiger partial charge on any atom is 0.321 e. The maximum absolute atomic E-state index is 13.6. The minimum atomic E-state index is -0.499. The van der Waals surface area contributed by atoms with Gasteiger partial charge in [0.2, 0.25) is 0 Å². The molecule has 5 nitrogen and oxygen atoms in total. The van der Waals surface area contributed by atoms with Crippen LogP contribution in [-0.2, 0) is 4.74 Å². The Morgan fingerprint density at radius 1 is 1.50 bits per heavy atom. The summed E-state index contributed by atoms with van der Waals surface area (Å²) in [5, 5.41) is 7.84. The molecule has 1 aliphatic heterocycles. The predicted octanol–water partition coefficient (Wildman–Crippen LogP) is 3.59. The van der Waals surface area contributed by atoms with Gasteiger partial charge in [0.05, 0.1) is 11.1 Å². The molecule has 0 radical (unpaired) electrons. The number of aromatic nitrogens is 1. The number of thiazole rings is 1. The van der Waals surface area contributed by atoms with Crippen LogP contribution >= 0.6 is 22.9 Å². The SMILES string of the molecule is O=C(Nc1nccs1)NC1CCOC1c1ccc(Cl)c(F)c1. The average Bonchev–Trinajstić information content (AvgIpc) is 3.13. The van der Waals surface area contributed by atoms with E-state index in [-0.39, 0.29) is 17.1 Å². The Kier molecular flexibility index (Phi) is 4.56. The van der Waals surface area contributed by atoms with Crippen molar-refractivity contribution in [2.75, 3.05) is 11.9 Å². The molecule has 1 fully saturated rings. The number of amides is 2. The number of rotatable bonds is 3. The van der Waals surface area contributed by atoms with Gasteiger partial charge in [-0.2, -0.15) is 0 Å². The summed E-state index contributed by atoms with van der Waals surface area (Å²) in [6.45, 7) is 0.497. The number of carbonyl (C=O) groups is 1. The molecular weight excluding hydrogens is 329 g/mol. The summed E-state index contributed by atoms with van der Waals surface area (Å²) in [4.78, 5) is 15.9. The molecule has 1 aromatic heterocycles. The number of nitrogens with one attached hydrogen (secondary N) is 2. The number of urea groups is 1. The van der Waals surface area contributed by atoms with Crippen molar-refractivity contribution in [2.24, 2.45) is 0 Å². The first-order chi connectivity index (χ1) is 10.6. The van der Waals surface area contributed by atoms with Crippen LogP contribution in [0.25, 0.3) is 0 Å². The Balaban J connectivity index is 1.67. The van der Waals surface area contributed by atoms with Gasteiger partial charge in [-0.3, -0.25) is 5.32 Å². The van der Waals surface area contributed by atoms with Crippen LogP contribution in [0.15, 0.2) is 29.8 Å². The summed E-state index contributed by atoms with van der Waals surface area (Å²) in [5.74, 6) is -0.499. The Labute approximate surface area is 135 Å². The van der Waals surface area contributed by atoms with Crippen molar-refractivity contribution in [2.45, 2.75) is 18.6 Å². The van der Waals surface area contributed by atoms with E-state index in [4.69, 9.17) is 16.3 Å². The average molecular weight is 342 g/mol. The molecule has 1 aliphatic rings. The number of benzene rings is 1. The fourth-order valence-corrected chi connectivity index (χ4v) is 2.98. The number of ether oxygens (including phenoxy) is 1. The van der Waals surface area contributed by atoms with E-state index < -0.39 is 11.9 Å². The second-order valence-corrected chi connectivity index (χ2v) is 6.10. The highest BCUT2D eigenvalue weighted by atomic mass is 35.5. The molecule has 2 N–H and O–H groups in total. The standard InChI is InChI=1S/C14H13ClFN3O2S/c15-9-2-1-8(7-10(9)16)12-11(3-5-21-12)18-13(20)19-14-17-4-6-22-14/h1-2,4,6-7,11-12H,3,5H2,(H2,17,18,19,20). The summed E-state index contributed by atoms with van der Waals surface area (Å²) in [6.07, 6.45) is 1.87. The molecule has 2 atom stereocenters. The lowest BCUT2D eigenvalue weighted by Gasteiger charge is -2.20. The number of carbonyl (C=O) groups excluding carboxylic acids is 1. The number of hydrogen-bond donors (Lipinski definition) is 2. The fraction of sp³-hybridized carbons (Fsp3) is 0.286. The molecule has 3 rings (SSSR count). The van der Waals surface area contributed by atoms with Gasteiger partial charge in [-0.1, -0.05) is 17.7 Å². The van der Waals surface area contributed by atoms with Gasteiger partial charge in [-0.25, -0.2) is 14.2 Å². The molecule has 0 aliphatic carbocycles. The van der Waals surface area contributed by atoms with Crippen LogP contribution < -0.4 is 10.6 Å². The molecule has 8 heteroatoms. The van der Waals surface area contributed by atoms with Crippen LogP contribution in [0.2, 0.25) is 5.02 Å². The smallest absolute Gasteiger partial charge is 0.321 e. The Morgan fingerprint density at radius 2 is 2.36 bits per heavy atom. The Bertz CT molecular complexity index is 668. The molecule has 0 bridgehead atoms. The lowest BCUT2D eigenvalue weighted by atomic mass is 10.0. The third-order valence-corrected chi connectivity index (χ3v) is 4.33. The highest BCUT2D eigenvalue weighted by molar-refractivity contribution is 7.13. The molecule has 2 amide bonds. The summed E-state index contributed by atoms with van der Waals surface area (Å²) in [6, 6.07) is 3.94. The van der Waals surface area contributed by atoms with E-state index in [0.29, 0.717) is 23.7 Å². The molecule has 1 saturated heterocycles. The van der Waals surface area contributed by atoms with Crippen molar-refractivity contribution in [1.29, 1.82) is 0 Å². The monoisotopic (exact) mass is 341 g/mol. The number of hydrogen-bond acceptors (Lipinski definition) is 4. The zero-order valence-corrected chi connectivity index (χ0v) is 13.0. The van der Waals surface area contributed by atoms with E-state index in [9.17, 15) is 9.18 Å². The van der Waals surface area contributed by atoms with Gasteiger partial charge >= 0.3 is 6.03 Å². The fourth-order valence-electron chi connectivity index (χ4n) is 2.34. The first-order valence-corrected chi connectivity index (χ1v) is 7.93. The van der Waals surface area contributed by atoms with E-state index >= 15 is 0 Å². The van der Waals surface area contributed by atoms with E-state index in [1.54, 1.807) is 17.6 Å². The lowest BCUT2D eigenvalue weighted by Crippen LogP contribution is -2.39. The summed E-state index contributed by atoms with van der Waals surface area (Å²) in [5.41, 5.74) is 0.652. The first kappa shape index (κ1) is 15.2. The highest BCUT2D eigenvalue weighted by Gasteiger charge is 2.31. The van der Waals surface area contributed by atoms with E-state index in [2.05, 4.69) is 15.6 Å². The zero-order chi connectivity index (χ0) is 15.5. The molecule has 0 saturated carbocycles. The molecule has 22 heavy (non-hydrogen) atoms. The Hall–Kier alpha value is -1.70. The molecule has 0 spiro atoms. The maximum atomic E-state index is 13.6. The minimum Gasteiger partial charge on any atom is -0.371 e. The number of nitrogens with zero attached hydrogens (tertiary/aromatic N) is 1. The van der Waals surface area contributed by atoms with Crippen molar-refractivity contribution in [3.8, 4) is 0 Å². The van der Waals surface area contributed by atoms with Gasteiger partial charge in [0.1, 0.15) is 11.9 Å². The van der Waals surface area contributed by atoms with E-state index in [1.165, 1.54) is 23.5 Å². The molecule has 2 unspecified atom stereocenters. The molecule has 116 valence electrons. The second kappa shape index (κ2) is 6.60. The highest BCUT2D eigenvalue weighted by Crippen LogP contribution is 2.31. The van der Waals surface area contributed by atoms with Crippen molar-refractivity contribution >= 4 is 34.1 Å². The molecule has 2 heterocycles. The van der Waals surface area contributed by atoms with Gasteiger partial charge in [0.15, 0.2) is 5.13 Å². The van der Waals surface area contributed by atoms with Crippen molar-refractivity contribution < 1.29 is 13.9 Å². The second-order valence-electron chi connectivity index (χ2n) is 4.80. The van der Waals surface area contributed by atoms with Gasteiger partial charge < -0.3 is 10.1 Å². The lowest BCUT2D eigenvalue weighted by molar-refractivity contribution is 0.100. The molecular formula is C14H13ClFN3O2S. The van der Waals surface area contributed by atoms with Crippen molar-refractivity contribution in [3.05, 3.63) is 46.2 Å². The quantitative estimate of drug-likeness (QED) is 0.896. The normalized spacial score (nSPS) is 20.8. The number of anilines is 1. The van der Waals surface area contributed by atoms with E-state index in [0.717, 1.165) is 0 Å². The van der Waals surface area contributed by atoms with E-state index in [1.807, 2.05) is 0 Å². The molecule has 2 aromatic rings. The van der Waals surface area contributed by atoms with Crippen LogP contribution in [-0.4, -0.2) is 23.7 Å². The van der Waals surface area contributed by atoms with Gasteiger partial charge in [-0.15, -0.1) is 11.3 Å². The van der Waals surface area contributed by atoms with Gasteiger partial charge in [0, 0.05) is 18.2 Å². The van der Waals surface area contributed by atoms with Gasteiger partial charge in [0.25, 0.3) is 0 Å². The van der Waals surface area contributed by atoms with Crippen LogP contribution in [0.3, 0.4) is 0 Å². The first-order valence-electron chi connectivity index (χ1n) is 6.67.